The molecular formula is C21H30F3N3O6. The van der Waals surface area contributed by atoms with Crippen molar-refractivity contribution >= 4 is 11.9 Å². The van der Waals surface area contributed by atoms with Crippen LogP contribution >= 0.6 is 0 Å². The van der Waals surface area contributed by atoms with Crippen LogP contribution in [0.25, 0.3) is 0 Å². The summed E-state index contributed by atoms with van der Waals surface area (Å²) in [7, 11) is 0. The molecule has 3 atom stereocenters. The van der Waals surface area contributed by atoms with Crippen LogP contribution in [0.3, 0.4) is 0 Å². The minimum absolute atomic E-state index is 0.114. The predicted molar refractivity (Wildman–Crippen MR) is 108 cm³/mol. The summed E-state index contributed by atoms with van der Waals surface area (Å²) in [5.41, 5.74) is 2.17. The quantitative estimate of drug-likeness (QED) is 0.706. The Labute approximate surface area is 189 Å². The van der Waals surface area contributed by atoms with Crippen LogP contribution in [0, 0.1) is 31.6 Å². The highest BCUT2D eigenvalue weighted by molar-refractivity contribution is 5.75. The number of alkyl halides is 3. The van der Waals surface area contributed by atoms with E-state index >= 15 is 0 Å². The maximum atomic E-state index is 12.6. The first-order valence-electron chi connectivity index (χ1n) is 11.0. The summed E-state index contributed by atoms with van der Waals surface area (Å²) in [6, 6.07) is 0. The largest absolute Gasteiger partial charge is 0.490 e. The average Bonchev–Trinajstić information content (AvgIpc) is 3.33. The summed E-state index contributed by atoms with van der Waals surface area (Å²) in [5, 5.41) is 12.8. The molecule has 3 aliphatic rings. The molecule has 33 heavy (non-hydrogen) atoms. The normalized spacial score (nSPS) is 25.8. The average molecular weight is 477 g/mol. The SMILES string of the molecule is Cc1noc(C)c1CN1C[C@@H]2COC[C@@H](CC(=O)N3CCCCO3)[C@@H]2C1.O=C(O)C(F)(F)F. The van der Waals surface area contributed by atoms with Gasteiger partial charge in [-0.3, -0.25) is 14.5 Å². The summed E-state index contributed by atoms with van der Waals surface area (Å²) in [6.45, 7) is 9.72. The molecule has 1 amide bonds. The van der Waals surface area contributed by atoms with Gasteiger partial charge >= 0.3 is 12.1 Å². The van der Waals surface area contributed by atoms with Gasteiger partial charge in [-0.25, -0.2) is 9.86 Å². The van der Waals surface area contributed by atoms with Crippen LogP contribution in [0.4, 0.5) is 13.2 Å². The maximum absolute atomic E-state index is 12.6. The number of hydroxylamine groups is 2. The number of aromatic nitrogens is 1. The lowest BCUT2D eigenvalue weighted by Crippen LogP contribution is -2.41. The van der Waals surface area contributed by atoms with Crippen molar-refractivity contribution in [3.63, 3.8) is 0 Å². The highest BCUT2D eigenvalue weighted by Gasteiger charge is 2.42. The van der Waals surface area contributed by atoms with E-state index in [4.69, 9.17) is 24.0 Å². The number of likely N-dealkylation sites (tertiary alicyclic amines) is 1. The van der Waals surface area contributed by atoms with Crippen molar-refractivity contribution in [2.75, 3.05) is 39.5 Å². The molecular weight excluding hydrogens is 447 g/mol. The van der Waals surface area contributed by atoms with Crippen LogP contribution < -0.4 is 0 Å². The zero-order valence-electron chi connectivity index (χ0n) is 18.8. The van der Waals surface area contributed by atoms with Gasteiger partial charge in [0, 0.05) is 38.2 Å². The molecule has 0 aliphatic carbocycles. The standard InChI is InChI=1S/C19H29N3O4.C2HF3O2/c1-13-17(14(2)26-20-13)9-21-8-16-12-24-11-15(18(16)10-21)7-19(23)22-5-3-4-6-25-22;3-2(4,5)1(6)7/h15-16,18H,3-12H2,1-2H3;(H,6,7)/t15-,16-,18+;/m1./s1. The molecule has 1 aromatic heterocycles. The number of carbonyl (C=O) groups excluding carboxylic acids is 1. The molecule has 186 valence electrons. The van der Waals surface area contributed by atoms with E-state index in [-0.39, 0.29) is 11.8 Å². The molecule has 3 aliphatic heterocycles. The third kappa shape index (κ3) is 6.67. The van der Waals surface area contributed by atoms with E-state index in [1.54, 1.807) is 5.06 Å². The van der Waals surface area contributed by atoms with E-state index < -0.39 is 12.1 Å². The fourth-order valence-electron chi connectivity index (χ4n) is 4.60. The zero-order valence-corrected chi connectivity index (χ0v) is 18.8. The van der Waals surface area contributed by atoms with E-state index in [9.17, 15) is 18.0 Å². The number of halogens is 3. The van der Waals surface area contributed by atoms with Crippen molar-refractivity contribution in [2.45, 2.75) is 45.8 Å². The Bertz CT molecular complexity index is 805. The van der Waals surface area contributed by atoms with Gasteiger partial charge in [-0.15, -0.1) is 0 Å². The molecule has 0 unspecified atom stereocenters. The Hall–Kier alpha value is -2.18. The number of carboxylic acid groups (broad SMARTS) is 1. The molecule has 0 radical (unpaired) electrons. The number of ether oxygens (including phenoxy) is 1. The maximum Gasteiger partial charge on any atom is 0.490 e. The molecule has 0 aromatic carbocycles. The summed E-state index contributed by atoms with van der Waals surface area (Å²) < 4.78 is 42.9. The van der Waals surface area contributed by atoms with Crippen LogP contribution in [0.1, 0.15) is 36.3 Å². The Balaban J connectivity index is 0.000000383. The van der Waals surface area contributed by atoms with Crippen LogP contribution in [0.5, 0.6) is 0 Å². The first kappa shape index (κ1) is 25.4. The van der Waals surface area contributed by atoms with Gasteiger partial charge < -0.3 is 14.4 Å². The highest BCUT2D eigenvalue weighted by Crippen LogP contribution is 2.37. The molecule has 4 rings (SSSR count). The molecule has 3 saturated heterocycles. The Morgan fingerprint density at radius 3 is 2.48 bits per heavy atom. The minimum atomic E-state index is -5.08. The Morgan fingerprint density at radius 2 is 1.91 bits per heavy atom. The van der Waals surface area contributed by atoms with E-state index in [0.29, 0.717) is 31.5 Å². The number of rotatable bonds is 4. The third-order valence-electron chi connectivity index (χ3n) is 6.36. The van der Waals surface area contributed by atoms with E-state index in [0.717, 1.165) is 57.1 Å². The van der Waals surface area contributed by atoms with Gasteiger partial charge in [-0.2, -0.15) is 13.2 Å². The van der Waals surface area contributed by atoms with Gasteiger partial charge in [-0.1, -0.05) is 5.16 Å². The number of hydrogen-bond acceptors (Lipinski definition) is 7. The number of hydrogen-bond donors (Lipinski definition) is 1. The van der Waals surface area contributed by atoms with Crippen LogP contribution in [0.15, 0.2) is 4.52 Å². The minimum Gasteiger partial charge on any atom is -0.475 e. The molecule has 0 spiro atoms. The first-order chi connectivity index (χ1) is 15.6. The molecule has 1 aromatic rings. The smallest absolute Gasteiger partial charge is 0.475 e. The number of amides is 1. The summed E-state index contributed by atoms with van der Waals surface area (Å²) in [6.07, 6.45) is -2.48. The number of carbonyl (C=O) groups is 2. The van der Waals surface area contributed by atoms with E-state index in [1.165, 1.54) is 5.56 Å². The zero-order chi connectivity index (χ0) is 24.2. The van der Waals surface area contributed by atoms with Gasteiger partial charge in [-0.05, 0) is 44.4 Å². The monoisotopic (exact) mass is 477 g/mol. The van der Waals surface area contributed by atoms with Crippen molar-refractivity contribution in [3.8, 4) is 0 Å². The molecule has 4 heterocycles. The number of aliphatic carboxylic acids is 1. The van der Waals surface area contributed by atoms with Gasteiger partial charge in [0.25, 0.3) is 0 Å². The van der Waals surface area contributed by atoms with E-state index in [1.807, 2.05) is 13.8 Å². The highest BCUT2D eigenvalue weighted by atomic mass is 19.4. The number of carboxylic acids is 1. The predicted octanol–water partition coefficient (Wildman–Crippen LogP) is 2.56. The molecule has 1 N–H and O–H groups in total. The number of nitrogens with zero attached hydrogens (tertiary/aromatic N) is 3. The summed E-state index contributed by atoms with van der Waals surface area (Å²) in [4.78, 5) is 29.5. The van der Waals surface area contributed by atoms with Crippen molar-refractivity contribution in [3.05, 3.63) is 17.0 Å². The second kappa shape index (κ2) is 10.8. The van der Waals surface area contributed by atoms with Crippen molar-refractivity contribution in [2.24, 2.45) is 17.8 Å². The Morgan fingerprint density at radius 1 is 1.18 bits per heavy atom. The van der Waals surface area contributed by atoms with Crippen LogP contribution in [-0.4, -0.2) is 77.7 Å². The second-order valence-electron chi connectivity index (χ2n) is 8.76. The van der Waals surface area contributed by atoms with Crippen molar-refractivity contribution in [1.82, 2.24) is 15.1 Å². The number of aryl methyl sites for hydroxylation is 2. The van der Waals surface area contributed by atoms with Crippen LogP contribution in [0.2, 0.25) is 0 Å². The molecule has 9 nitrogen and oxygen atoms in total. The van der Waals surface area contributed by atoms with Crippen molar-refractivity contribution < 1.29 is 42.0 Å². The lowest BCUT2D eigenvalue weighted by Gasteiger charge is -2.34. The first-order valence-corrected chi connectivity index (χ1v) is 11.0. The number of fused-ring (bicyclic) bond motifs is 1. The van der Waals surface area contributed by atoms with Gasteiger partial charge in [0.1, 0.15) is 5.76 Å². The summed E-state index contributed by atoms with van der Waals surface area (Å²) >= 11 is 0. The molecule has 3 fully saturated rings. The fraction of sp³-hybridized carbons (Fsp3) is 0.762. The summed E-state index contributed by atoms with van der Waals surface area (Å²) in [5.74, 6) is -0.443. The third-order valence-corrected chi connectivity index (χ3v) is 6.36. The topological polar surface area (TPSA) is 105 Å². The second-order valence-corrected chi connectivity index (χ2v) is 8.76. The lowest BCUT2D eigenvalue weighted by molar-refractivity contribution is -0.199. The lowest BCUT2D eigenvalue weighted by atomic mass is 9.81. The fourth-order valence-corrected chi connectivity index (χ4v) is 4.60. The van der Waals surface area contributed by atoms with Gasteiger partial charge in [0.15, 0.2) is 0 Å². The van der Waals surface area contributed by atoms with Gasteiger partial charge in [0.2, 0.25) is 5.91 Å². The molecule has 0 bridgehead atoms. The van der Waals surface area contributed by atoms with Crippen LogP contribution in [-0.2, 0) is 25.7 Å². The molecule has 0 saturated carbocycles. The van der Waals surface area contributed by atoms with Crippen molar-refractivity contribution in [1.29, 1.82) is 0 Å². The van der Waals surface area contributed by atoms with E-state index in [2.05, 4.69) is 10.1 Å². The molecule has 12 heteroatoms. The Kier molecular flexibility index (Phi) is 8.35. The van der Waals surface area contributed by atoms with Gasteiger partial charge in [0.05, 0.1) is 25.5 Å².